The van der Waals surface area contributed by atoms with Crippen LogP contribution in [0, 0.1) is 0 Å². The number of nitrogens with one attached hydrogen (secondary N) is 2. The van der Waals surface area contributed by atoms with Gasteiger partial charge in [0.25, 0.3) is 5.91 Å². The van der Waals surface area contributed by atoms with Crippen LogP contribution < -0.4 is 5.32 Å². The van der Waals surface area contributed by atoms with Gasteiger partial charge < -0.3 is 5.32 Å². The van der Waals surface area contributed by atoms with E-state index in [1.165, 1.54) is 0 Å². The summed E-state index contributed by atoms with van der Waals surface area (Å²) in [4.78, 5) is 15.3. The number of fused-ring (bicyclic) bond motifs is 1. The first kappa shape index (κ1) is 11.2. The molecule has 0 aliphatic rings. The maximum absolute atomic E-state index is 11.3. The van der Waals surface area contributed by atoms with Crippen LogP contribution >= 0.6 is 0 Å². The minimum absolute atomic E-state index is 0.232. The molecule has 0 atom stereocenters. The molecule has 15 heavy (non-hydrogen) atoms. The van der Waals surface area contributed by atoms with Crippen LogP contribution in [0.1, 0.15) is 24.3 Å². The fourth-order valence-corrected chi connectivity index (χ4v) is 1.13. The Morgan fingerprint density at radius 2 is 2.20 bits per heavy atom. The van der Waals surface area contributed by atoms with Gasteiger partial charge in [-0.3, -0.25) is 14.9 Å². The molecular weight excluding hydrogens is 192 g/mol. The maximum Gasteiger partial charge on any atom is 0.273 e. The quantitative estimate of drug-likeness (QED) is 0.739. The van der Waals surface area contributed by atoms with Crippen molar-refractivity contribution in [3.05, 3.63) is 24.0 Å². The van der Waals surface area contributed by atoms with Gasteiger partial charge in [-0.15, -0.1) is 0 Å². The monoisotopic (exact) mass is 206 g/mol. The average Bonchev–Trinajstić information content (AvgIpc) is 2.74. The summed E-state index contributed by atoms with van der Waals surface area (Å²) in [6.07, 6.45) is 1.63. The van der Waals surface area contributed by atoms with Crippen molar-refractivity contribution in [1.29, 1.82) is 0 Å². The molecule has 1 amide bonds. The minimum atomic E-state index is -0.232. The number of nitrogens with zero attached hydrogens (tertiary/aromatic N) is 2. The van der Waals surface area contributed by atoms with Gasteiger partial charge >= 0.3 is 0 Å². The Morgan fingerprint density at radius 3 is 2.87 bits per heavy atom. The number of hydrogen-bond acceptors (Lipinski definition) is 3. The second-order valence-corrected chi connectivity index (χ2v) is 2.55. The third kappa shape index (κ3) is 2.12. The number of rotatable bonds is 1. The van der Waals surface area contributed by atoms with E-state index in [0.29, 0.717) is 11.2 Å². The summed E-state index contributed by atoms with van der Waals surface area (Å²) >= 11 is 0. The van der Waals surface area contributed by atoms with Crippen molar-refractivity contribution < 1.29 is 4.79 Å². The lowest BCUT2D eigenvalue weighted by molar-refractivity contribution is 0.0959. The molecule has 0 saturated carbocycles. The van der Waals surface area contributed by atoms with E-state index in [1.807, 2.05) is 19.9 Å². The van der Waals surface area contributed by atoms with Crippen LogP contribution in [0.4, 0.5) is 0 Å². The predicted octanol–water partition coefficient (Wildman–Crippen LogP) is 1.34. The topological polar surface area (TPSA) is 70.7 Å². The molecule has 0 aliphatic carbocycles. The molecule has 0 bridgehead atoms. The summed E-state index contributed by atoms with van der Waals surface area (Å²) in [6, 6.07) is 3.61. The minimum Gasteiger partial charge on any atom is -0.354 e. The van der Waals surface area contributed by atoms with Gasteiger partial charge in [-0.2, -0.15) is 5.10 Å². The van der Waals surface area contributed by atoms with Gasteiger partial charge in [0.15, 0.2) is 5.69 Å². The second kappa shape index (κ2) is 5.09. The van der Waals surface area contributed by atoms with E-state index in [-0.39, 0.29) is 5.91 Å². The lowest BCUT2D eigenvalue weighted by atomic mass is 10.3. The first-order chi connectivity index (χ1) is 7.33. The van der Waals surface area contributed by atoms with Crippen molar-refractivity contribution in [2.45, 2.75) is 13.8 Å². The molecule has 2 aromatic rings. The summed E-state index contributed by atoms with van der Waals surface area (Å²) in [6.45, 7) is 4.00. The molecule has 5 nitrogen and oxygen atoms in total. The van der Waals surface area contributed by atoms with Crippen LogP contribution in [-0.2, 0) is 0 Å². The van der Waals surface area contributed by atoms with Gasteiger partial charge in [-0.05, 0) is 12.1 Å². The molecule has 2 N–H and O–H groups in total. The van der Waals surface area contributed by atoms with E-state index < -0.39 is 0 Å². The molecule has 0 fully saturated rings. The summed E-state index contributed by atoms with van der Waals surface area (Å²) < 4.78 is 0. The van der Waals surface area contributed by atoms with E-state index in [1.54, 1.807) is 19.3 Å². The molecule has 5 heteroatoms. The molecule has 0 aliphatic heterocycles. The average molecular weight is 206 g/mol. The Morgan fingerprint density at radius 1 is 1.47 bits per heavy atom. The molecule has 0 saturated heterocycles. The van der Waals surface area contributed by atoms with Crippen LogP contribution in [-0.4, -0.2) is 28.1 Å². The number of hydrogen-bond donors (Lipinski definition) is 2. The zero-order valence-electron chi connectivity index (χ0n) is 9.03. The highest BCUT2D eigenvalue weighted by Gasteiger charge is 2.12. The van der Waals surface area contributed by atoms with Crippen molar-refractivity contribution >= 4 is 16.9 Å². The number of aromatic nitrogens is 3. The van der Waals surface area contributed by atoms with E-state index in [0.717, 1.165) is 5.52 Å². The van der Waals surface area contributed by atoms with Gasteiger partial charge in [0.2, 0.25) is 0 Å². The number of pyridine rings is 1. The number of amides is 1. The summed E-state index contributed by atoms with van der Waals surface area (Å²) in [5, 5.41) is 9.09. The second-order valence-electron chi connectivity index (χ2n) is 2.55. The van der Waals surface area contributed by atoms with Gasteiger partial charge in [-0.1, -0.05) is 13.8 Å². The first-order valence-electron chi connectivity index (χ1n) is 4.84. The standard InChI is InChI=1S/C8H8N4O.C2H6/c1-9-8(13)7-6-5(11-12-7)3-2-4-10-6;1-2/h2-4H,1H3,(H,9,13)(H,11,12);1-2H3. The maximum atomic E-state index is 11.3. The van der Waals surface area contributed by atoms with E-state index >= 15 is 0 Å². The Balaban J connectivity index is 0.000000531. The predicted molar refractivity (Wildman–Crippen MR) is 58.6 cm³/mol. The van der Waals surface area contributed by atoms with Crippen LogP contribution in [0.5, 0.6) is 0 Å². The molecule has 2 heterocycles. The van der Waals surface area contributed by atoms with Crippen molar-refractivity contribution in [2.24, 2.45) is 0 Å². The SMILES string of the molecule is CC.CNC(=O)c1n[nH]c2cccnc12. The highest BCUT2D eigenvalue weighted by molar-refractivity contribution is 6.02. The number of H-pyrrole nitrogens is 1. The molecule has 80 valence electrons. The normalized spacial score (nSPS) is 9.27. The highest BCUT2D eigenvalue weighted by Crippen LogP contribution is 2.11. The zero-order valence-corrected chi connectivity index (χ0v) is 9.03. The molecule has 0 radical (unpaired) electrons. The van der Waals surface area contributed by atoms with Crippen LogP contribution in [0.3, 0.4) is 0 Å². The van der Waals surface area contributed by atoms with Crippen molar-refractivity contribution in [2.75, 3.05) is 7.05 Å². The Labute approximate surface area is 87.9 Å². The van der Waals surface area contributed by atoms with Gasteiger partial charge in [0.05, 0.1) is 5.52 Å². The summed E-state index contributed by atoms with van der Waals surface area (Å²) in [5.41, 5.74) is 1.70. The van der Waals surface area contributed by atoms with E-state index in [9.17, 15) is 4.79 Å². The molecule has 0 spiro atoms. The fourth-order valence-electron chi connectivity index (χ4n) is 1.13. The molecule has 2 aromatic heterocycles. The summed E-state index contributed by atoms with van der Waals surface area (Å²) in [5.74, 6) is -0.232. The Hall–Kier alpha value is -1.91. The van der Waals surface area contributed by atoms with Gasteiger partial charge in [0.1, 0.15) is 5.52 Å². The number of carbonyl (C=O) groups is 1. The molecular formula is C10H14N4O. The highest BCUT2D eigenvalue weighted by atomic mass is 16.1. The molecule has 0 unspecified atom stereocenters. The zero-order chi connectivity index (χ0) is 11.3. The third-order valence-corrected chi connectivity index (χ3v) is 1.76. The Bertz CT molecular complexity index is 449. The summed E-state index contributed by atoms with van der Waals surface area (Å²) in [7, 11) is 1.56. The largest absolute Gasteiger partial charge is 0.354 e. The molecule has 2 rings (SSSR count). The lowest BCUT2D eigenvalue weighted by Crippen LogP contribution is -2.18. The Kier molecular flexibility index (Phi) is 3.79. The van der Waals surface area contributed by atoms with E-state index in [4.69, 9.17) is 0 Å². The first-order valence-corrected chi connectivity index (χ1v) is 4.84. The van der Waals surface area contributed by atoms with Crippen LogP contribution in [0.2, 0.25) is 0 Å². The van der Waals surface area contributed by atoms with Crippen molar-refractivity contribution in [3.63, 3.8) is 0 Å². The fraction of sp³-hybridized carbons (Fsp3) is 0.300. The molecule has 0 aromatic carbocycles. The number of aromatic amines is 1. The lowest BCUT2D eigenvalue weighted by Gasteiger charge is -1.92. The van der Waals surface area contributed by atoms with E-state index in [2.05, 4.69) is 20.5 Å². The smallest absolute Gasteiger partial charge is 0.273 e. The number of carbonyl (C=O) groups excluding carboxylic acids is 1. The van der Waals surface area contributed by atoms with Crippen LogP contribution in [0.15, 0.2) is 18.3 Å². The van der Waals surface area contributed by atoms with Crippen LogP contribution in [0.25, 0.3) is 11.0 Å². The third-order valence-electron chi connectivity index (χ3n) is 1.76. The van der Waals surface area contributed by atoms with Crippen molar-refractivity contribution in [3.8, 4) is 0 Å². The van der Waals surface area contributed by atoms with Gasteiger partial charge in [-0.25, -0.2) is 0 Å². The van der Waals surface area contributed by atoms with Crippen molar-refractivity contribution in [1.82, 2.24) is 20.5 Å². The van der Waals surface area contributed by atoms with Gasteiger partial charge in [0, 0.05) is 13.2 Å².